The van der Waals surface area contributed by atoms with Crippen molar-refractivity contribution in [2.45, 2.75) is 6.54 Å². The molecule has 1 aromatic carbocycles. The lowest BCUT2D eigenvalue weighted by atomic mass is 10.1. The molecule has 2 aliphatic heterocycles. The summed E-state index contributed by atoms with van der Waals surface area (Å²) in [6.07, 6.45) is 0. The highest BCUT2D eigenvalue weighted by Gasteiger charge is 2.26. The molecule has 0 aromatic heterocycles. The Kier molecular flexibility index (Phi) is 5.44. The summed E-state index contributed by atoms with van der Waals surface area (Å²) in [5.74, 6) is -0.0406. The highest BCUT2D eigenvalue weighted by molar-refractivity contribution is 7.91. The molecule has 1 aromatic rings. The average Bonchev–Trinajstić information content (AvgIpc) is 2.84. The van der Waals surface area contributed by atoms with Gasteiger partial charge < -0.3 is 9.64 Å². The fourth-order valence-corrected chi connectivity index (χ4v) is 4.27. The topological polar surface area (TPSA) is 116 Å². The highest BCUT2D eigenvalue weighted by Crippen LogP contribution is 2.25. The van der Waals surface area contributed by atoms with Crippen LogP contribution in [0.2, 0.25) is 0 Å². The van der Waals surface area contributed by atoms with Gasteiger partial charge in [0.1, 0.15) is 12.4 Å². The van der Waals surface area contributed by atoms with Crippen LogP contribution >= 0.6 is 0 Å². The van der Waals surface area contributed by atoms with Gasteiger partial charge in [-0.3, -0.25) is 19.7 Å². The van der Waals surface area contributed by atoms with Gasteiger partial charge in [0, 0.05) is 30.8 Å². The van der Waals surface area contributed by atoms with Crippen molar-refractivity contribution in [3.63, 3.8) is 0 Å². The first-order valence-electron chi connectivity index (χ1n) is 8.29. The van der Waals surface area contributed by atoms with E-state index >= 15 is 0 Å². The summed E-state index contributed by atoms with van der Waals surface area (Å²) in [5.41, 5.74) is 2.61. The van der Waals surface area contributed by atoms with E-state index in [1.165, 1.54) is 6.07 Å². The van der Waals surface area contributed by atoms with Crippen LogP contribution in [0.1, 0.15) is 15.9 Å². The van der Waals surface area contributed by atoms with Gasteiger partial charge in [0.05, 0.1) is 24.6 Å². The molecule has 2 aliphatic rings. The van der Waals surface area contributed by atoms with Crippen LogP contribution < -0.4 is 10.2 Å². The largest absolute Gasteiger partial charge is 0.491 e. The number of nitrogens with one attached hydrogen (secondary N) is 1. The average molecular weight is 383 g/mol. The van der Waals surface area contributed by atoms with Crippen molar-refractivity contribution in [3.05, 3.63) is 29.3 Å². The fourth-order valence-electron chi connectivity index (χ4n) is 2.99. The Morgan fingerprint density at radius 3 is 2.62 bits per heavy atom. The first-order chi connectivity index (χ1) is 12.4. The van der Waals surface area contributed by atoms with Crippen LogP contribution in [-0.2, 0) is 21.2 Å². The molecule has 1 saturated heterocycles. The van der Waals surface area contributed by atoms with Crippen molar-refractivity contribution in [1.29, 1.82) is 0 Å². The molecule has 0 unspecified atom stereocenters. The van der Waals surface area contributed by atoms with Gasteiger partial charge in [-0.2, -0.15) is 0 Å². The lowest BCUT2D eigenvalue weighted by Crippen LogP contribution is -2.46. The van der Waals surface area contributed by atoms with Crippen LogP contribution in [0, 0.1) is 0 Å². The first kappa shape index (κ1) is 18.6. The molecule has 0 aliphatic carbocycles. The second-order valence-electron chi connectivity index (χ2n) is 6.36. The molecule has 3 rings (SSSR count). The van der Waals surface area contributed by atoms with E-state index in [0.29, 0.717) is 31.9 Å². The molecule has 2 N–H and O–H groups in total. The van der Waals surface area contributed by atoms with E-state index in [1.54, 1.807) is 22.5 Å². The molecule has 0 saturated carbocycles. The Labute approximate surface area is 151 Å². The van der Waals surface area contributed by atoms with E-state index in [9.17, 15) is 18.0 Å². The van der Waals surface area contributed by atoms with Crippen LogP contribution in [0.5, 0.6) is 5.75 Å². The number of carbonyl (C=O) groups excluding carboxylic acids is 2. The third kappa shape index (κ3) is 4.32. The van der Waals surface area contributed by atoms with Crippen LogP contribution in [0.25, 0.3) is 0 Å². The van der Waals surface area contributed by atoms with E-state index < -0.39 is 15.7 Å². The number of benzene rings is 1. The number of hydrogen-bond acceptors (Lipinski definition) is 7. The zero-order chi connectivity index (χ0) is 18.7. The number of amides is 2. The van der Waals surface area contributed by atoms with Gasteiger partial charge >= 0.3 is 0 Å². The van der Waals surface area contributed by atoms with Crippen molar-refractivity contribution < 1.29 is 28.0 Å². The molecule has 2 amide bonds. The van der Waals surface area contributed by atoms with Crippen molar-refractivity contribution in [2.24, 2.45) is 0 Å². The molecule has 10 heteroatoms. The molecule has 0 radical (unpaired) electrons. The third-order valence-corrected chi connectivity index (χ3v) is 6.17. The molecule has 0 atom stereocenters. The van der Waals surface area contributed by atoms with Crippen LogP contribution in [0.4, 0.5) is 0 Å². The minimum atomic E-state index is -2.97. The fraction of sp³-hybridized carbons (Fsp3) is 0.500. The number of carbonyl (C=O) groups is 2. The number of nitrogens with zero attached hydrogens (tertiary/aromatic N) is 2. The maximum atomic E-state index is 12.6. The van der Waals surface area contributed by atoms with Gasteiger partial charge in [-0.05, 0) is 12.1 Å². The van der Waals surface area contributed by atoms with Gasteiger partial charge in [-0.25, -0.2) is 13.9 Å². The number of fused-ring (bicyclic) bond motifs is 1. The Morgan fingerprint density at radius 1 is 1.19 bits per heavy atom. The second kappa shape index (κ2) is 7.60. The second-order valence-corrected chi connectivity index (χ2v) is 8.66. The normalized spacial score (nSPS) is 19.8. The number of sulfone groups is 1. The van der Waals surface area contributed by atoms with Gasteiger partial charge in [0.2, 0.25) is 5.91 Å². The number of hydrogen-bond donors (Lipinski definition) is 2. The van der Waals surface area contributed by atoms with Gasteiger partial charge in [0.25, 0.3) is 5.91 Å². The van der Waals surface area contributed by atoms with Gasteiger partial charge in [-0.1, -0.05) is 6.07 Å². The van der Waals surface area contributed by atoms with Crippen molar-refractivity contribution >= 4 is 21.7 Å². The highest BCUT2D eigenvalue weighted by atomic mass is 32.2. The molecular formula is C16H21N3O6S. The Balaban J connectivity index is 1.65. The monoisotopic (exact) mass is 383 g/mol. The molecule has 2 heterocycles. The lowest BCUT2D eigenvalue weighted by Gasteiger charge is -2.28. The van der Waals surface area contributed by atoms with Crippen molar-refractivity contribution in [3.8, 4) is 5.75 Å². The number of hydroxylamine groups is 1. The minimum absolute atomic E-state index is 0.0852. The summed E-state index contributed by atoms with van der Waals surface area (Å²) in [7, 11) is -2.97. The van der Waals surface area contributed by atoms with Crippen molar-refractivity contribution in [2.75, 3.05) is 44.3 Å². The number of ether oxygens (including phenoxy) is 1. The zero-order valence-electron chi connectivity index (χ0n) is 14.2. The summed E-state index contributed by atoms with van der Waals surface area (Å²) in [6, 6.07) is 4.78. The molecule has 142 valence electrons. The molecule has 9 nitrogen and oxygen atoms in total. The lowest BCUT2D eigenvalue weighted by molar-refractivity contribution is -0.133. The maximum Gasteiger partial charge on any atom is 0.274 e. The van der Waals surface area contributed by atoms with Crippen LogP contribution in [-0.4, -0.2) is 79.5 Å². The Morgan fingerprint density at radius 2 is 1.92 bits per heavy atom. The summed E-state index contributed by atoms with van der Waals surface area (Å²) in [4.78, 5) is 27.6. The molecule has 26 heavy (non-hydrogen) atoms. The number of rotatable bonds is 3. The van der Waals surface area contributed by atoms with Crippen LogP contribution in [0.3, 0.4) is 0 Å². The Bertz CT molecular complexity index is 796. The SMILES string of the molecule is O=C(NO)c1ccc2c(c1)OCCN(C(=O)CN1CCS(=O)(=O)CC1)C2. The molecule has 0 bridgehead atoms. The zero-order valence-corrected chi connectivity index (χ0v) is 15.0. The summed E-state index contributed by atoms with van der Waals surface area (Å²) in [5, 5.41) is 8.72. The predicted octanol–water partition coefficient (Wildman–Crippen LogP) is -0.743. The van der Waals surface area contributed by atoms with Gasteiger partial charge in [-0.15, -0.1) is 0 Å². The van der Waals surface area contributed by atoms with Crippen molar-refractivity contribution in [1.82, 2.24) is 15.3 Å². The summed E-state index contributed by atoms with van der Waals surface area (Å²) >= 11 is 0. The van der Waals surface area contributed by atoms with E-state index in [1.807, 2.05) is 4.90 Å². The molecule has 0 spiro atoms. The predicted molar refractivity (Wildman–Crippen MR) is 91.7 cm³/mol. The minimum Gasteiger partial charge on any atom is -0.491 e. The quantitative estimate of drug-likeness (QED) is 0.521. The first-order valence-corrected chi connectivity index (χ1v) is 10.1. The molecular weight excluding hydrogens is 362 g/mol. The maximum absolute atomic E-state index is 12.6. The summed E-state index contributed by atoms with van der Waals surface area (Å²) in [6.45, 7) is 1.96. The molecule has 1 fully saturated rings. The van der Waals surface area contributed by atoms with Gasteiger partial charge in [0.15, 0.2) is 9.84 Å². The smallest absolute Gasteiger partial charge is 0.274 e. The van der Waals surface area contributed by atoms with E-state index in [4.69, 9.17) is 9.94 Å². The standard InChI is InChI=1S/C16H21N3O6S/c20-15(11-18-4-7-26(23,24)8-5-18)19-3-6-25-14-9-12(16(21)17-22)1-2-13(14)10-19/h1-2,9,22H,3-8,10-11H2,(H,17,21). The Hall–Kier alpha value is -2.17. The van der Waals surface area contributed by atoms with E-state index in [2.05, 4.69) is 0 Å². The van der Waals surface area contributed by atoms with E-state index in [-0.39, 0.29) is 36.1 Å². The van der Waals surface area contributed by atoms with Crippen LogP contribution in [0.15, 0.2) is 18.2 Å². The third-order valence-electron chi connectivity index (χ3n) is 4.56. The van der Waals surface area contributed by atoms with E-state index in [0.717, 1.165) is 5.56 Å². The summed E-state index contributed by atoms with van der Waals surface area (Å²) < 4.78 is 28.6.